The van der Waals surface area contributed by atoms with E-state index in [0.29, 0.717) is 31.1 Å². The molecule has 3 aromatic rings. The Morgan fingerprint density at radius 3 is 3.08 bits per heavy atom. The van der Waals surface area contributed by atoms with E-state index in [-0.39, 0.29) is 17.0 Å². The molecule has 0 radical (unpaired) electrons. The molecule has 0 atom stereocenters. The van der Waals surface area contributed by atoms with Crippen LogP contribution in [0.25, 0.3) is 11.0 Å². The van der Waals surface area contributed by atoms with Gasteiger partial charge in [0.25, 0.3) is 5.91 Å². The molecule has 1 amide bonds. The summed E-state index contributed by atoms with van der Waals surface area (Å²) < 4.78 is 6.91. The second kappa shape index (κ2) is 5.38. The fourth-order valence-corrected chi connectivity index (χ4v) is 2.70. The van der Waals surface area contributed by atoms with Crippen LogP contribution in [0.5, 0.6) is 0 Å². The highest BCUT2D eigenvalue weighted by Crippen LogP contribution is 2.28. The number of ether oxygens (including phenoxy) is 1. The second-order valence-corrected chi connectivity index (χ2v) is 6.50. The minimum atomic E-state index is -0.321. The van der Waals surface area contributed by atoms with Gasteiger partial charge in [-0.25, -0.2) is 4.98 Å². The summed E-state index contributed by atoms with van der Waals surface area (Å²) in [5, 5.41) is 18.6. The van der Waals surface area contributed by atoms with E-state index in [4.69, 9.17) is 4.74 Å². The van der Waals surface area contributed by atoms with Gasteiger partial charge in [-0.3, -0.25) is 14.6 Å². The third-order valence-corrected chi connectivity index (χ3v) is 4.07. The molecule has 9 heteroatoms. The number of aromatic nitrogens is 6. The molecule has 2 N–H and O–H groups in total. The summed E-state index contributed by atoms with van der Waals surface area (Å²) in [7, 11) is 0. The maximum Gasteiger partial charge on any atom is 0.277 e. The Morgan fingerprint density at radius 2 is 2.33 bits per heavy atom. The van der Waals surface area contributed by atoms with Crippen molar-refractivity contribution in [3.05, 3.63) is 29.8 Å². The quantitative estimate of drug-likeness (QED) is 0.743. The van der Waals surface area contributed by atoms with E-state index >= 15 is 0 Å². The van der Waals surface area contributed by atoms with Crippen molar-refractivity contribution in [2.75, 3.05) is 18.5 Å². The smallest absolute Gasteiger partial charge is 0.277 e. The maximum atomic E-state index is 12.3. The number of carbonyl (C=O) groups excluding carboxylic acids is 1. The molecule has 0 aromatic carbocycles. The highest BCUT2D eigenvalue weighted by Gasteiger charge is 2.34. The van der Waals surface area contributed by atoms with Crippen LogP contribution in [-0.4, -0.2) is 49.3 Å². The number of rotatable bonds is 4. The van der Waals surface area contributed by atoms with Crippen LogP contribution in [0.15, 0.2) is 18.5 Å². The number of carbonyl (C=O) groups is 1. The summed E-state index contributed by atoms with van der Waals surface area (Å²) in [5.41, 5.74) is 2.44. The van der Waals surface area contributed by atoms with E-state index in [2.05, 4.69) is 37.7 Å². The van der Waals surface area contributed by atoms with Gasteiger partial charge in [0.05, 0.1) is 37.8 Å². The van der Waals surface area contributed by atoms with Gasteiger partial charge in [-0.15, -0.1) is 5.10 Å². The van der Waals surface area contributed by atoms with E-state index < -0.39 is 0 Å². The first-order valence-corrected chi connectivity index (χ1v) is 7.62. The lowest BCUT2D eigenvalue weighted by Gasteiger charge is -2.37. The zero-order chi connectivity index (χ0) is 16.7. The third kappa shape index (κ3) is 2.62. The van der Waals surface area contributed by atoms with Crippen molar-refractivity contribution in [3.63, 3.8) is 0 Å². The van der Waals surface area contributed by atoms with E-state index in [9.17, 15) is 4.79 Å². The molecule has 0 saturated carbocycles. The van der Waals surface area contributed by atoms with E-state index in [0.717, 1.165) is 11.1 Å². The number of aromatic amines is 1. The first kappa shape index (κ1) is 14.8. The standard InChI is InChI=1S/C15H17N7O2/c1-9-11-3-10(4-16-13(11)20-18-9)17-14(23)12-5-22(21-19-12)6-15(2)7-24-8-15/h3-5H,6-8H2,1-2H3,(H,17,23)(H,16,18,20). The first-order valence-electron chi connectivity index (χ1n) is 7.62. The van der Waals surface area contributed by atoms with Crippen LogP contribution in [0, 0.1) is 12.3 Å². The first-order chi connectivity index (χ1) is 11.5. The average Bonchev–Trinajstić information content (AvgIpc) is 3.13. The van der Waals surface area contributed by atoms with Gasteiger partial charge < -0.3 is 10.1 Å². The molecule has 9 nitrogen and oxygen atoms in total. The number of fused-ring (bicyclic) bond motifs is 1. The largest absolute Gasteiger partial charge is 0.380 e. The predicted octanol–water partition coefficient (Wildman–Crippen LogP) is 1.15. The Morgan fingerprint density at radius 1 is 1.50 bits per heavy atom. The molecule has 1 aliphatic heterocycles. The van der Waals surface area contributed by atoms with E-state index in [1.54, 1.807) is 17.1 Å². The Kier molecular flexibility index (Phi) is 3.31. The van der Waals surface area contributed by atoms with Crippen LogP contribution in [0.2, 0.25) is 0 Å². The summed E-state index contributed by atoms with van der Waals surface area (Å²) in [6.45, 7) is 6.09. The SMILES string of the molecule is Cc1[nH]nc2ncc(NC(=O)c3cn(CC4(C)COC4)nn3)cc12. The van der Waals surface area contributed by atoms with Crippen molar-refractivity contribution in [2.45, 2.75) is 20.4 Å². The number of H-pyrrole nitrogens is 1. The van der Waals surface area contributed by atoms with Crippen molar-refractivity contribution in [1.82, 2.24) is 30.2 Å². The van der Waals surface area contributed by atoms with Gasteiger partial charge in [0.15, 0.2) is 11.3 Å². The van der Waals surface area contributed by atoms with Gasteiger partial charge in [-0.05, 0) is 13.0 Å². The minimum absolute atomic E-state index is 0.0647. The predicted molar refractivity (Wildman–Crippen MR) is 85.5 cm³/mol. The Labute approximate surface area is 137 Å². The summed E-state index contributed by atoms with van der Waals surface area (Å²) in [5.74, 6) is -0.321. The van der Waals surface area contributed by atoms with Crippen molar-refractivity contribution >= 4 is 22.6 Å². The van der Waals surface area contributed by atoms with E-state index in [1.165, 1.54) is 0 Å². The summed E-state index contributed by atoms with van der Waals surface area (Å²) in [6, 6.07) is 1.83. The molecule has 4 rings (SSSR count). The Hall–Kier alpha value is -2.81. The number of aryl methyl sites for hydroxylation is 1. The Balaban J connectivity index is 1.48. The van der Waals surface area contributed by atoms with Gasteiger partial charge in [0.1, 0.15) is 0 Å². The molecule has 0 spiro atoms. The number of nitrogens with zero attached hydrogens (tertiary/aromatic N) is 5. The molecular formula is C15H17N7O2. The zero-order valence-electron chi connectivity index (χ0n) is 13.4. The summed E-state index contributed by atoms with van der Waals surface area (Å²) in [6.07, 6.45) is 3.21. The van der Waals surface area contributed by atoms with Gasteiger partial charge in [-0.2, -0.15) is 5.10 Å². The molecule has 1 aliphatic rings. The van der Waals surface area contributed by atoms with Gasteiger partial charge in [0.2, 0.25) is 0 Å². The molecule has 1 saturated heterocycles. The normalized spacial score (nSPS) is 16.1. The summed E-state index contributed by atoms with van der Waals surface area (Å²) in [4.78, 5) is 16.5. The van der Waals surface area contributed by atoms with Crippen LogP contribution in [0.3, 0.4) is 0 Å². The van der Waals surface area contributed by atoms with Crippen LogP contribution in [-0.2, 0) is 11.3 Å². The molecule has 24 heavy (non-hydrogen) atoms. The molecule has 3 aromatic heterocycles. The lowest BCUT2D eigenvalue weighted by molar-refractivity contribution is -0.111. The minimum Gasteiger partial charge on any atom is -0.380 e. The molecule has 0 unspecified atom stereocenters. The molecule has 0 aliphatic carbocycles. The Bertz CT molecular complexity index is 910. The van der Waals surface area contributed by atoms with Crippen molar-refractivity contribution in [3.8, 4) is 0 Å². The van der Waals surface area contributed by atoms with Crippen molar-refractivity contribution in [2.24, 2.45) is 5.41 Å². The maximum absolute atomic E-state index is 12.3. The number of hydrogen-bond donors (Lipinski definition) is 2. The van der Waals surface area contributed by atoms with Gasteiger partial charge in [-0.1, -0.05) is 12.1 Å². The molecule has 124 valence electrons. The van der Waals surface area contributed by atoms with Gasteiger partial charge in [0, 0.05) is 16.5 Å². The van der Waals surface area contributed by atoms with E-state index in [1.807, 2.05) is 13.0 Å². The highest BCUT2D eigenvalue weighted by atomic mass is 16.5. The van der Waals surface area contributed by atoms with Gasteiger partial charge >= 0.3 is 0 Å². The summed E-state index contributed by atoms with van der Waals surface area (Å²) >= 11 is 0. The fourth-order valence-electron chi connectivity index (χ4n) is 2.70. The number of anilines is 1. The average molecular weight is 327 g/mol. The highest BCUT2D eigenvalue weighted by molar-refractivity contribution is 6.03. The fraction of sp³-hybridized carbons (Fsp3) is 0.400. The van der Waals surface area contributed by atoms with Crippen LogP contribution in [0.1, 0.15) is 23.1 Å². The topological polar surface area (TPSA) is 111 Å². The van der Waals surface area contributed by atoms with Crippen molar-refractivity contribution < 1.29 is 9.53 Å². The number of amides is 1. The zero-order valence-corrected chi connectivity index (χ0v) is 13.4. The lowest BCUT2D eigenvalue weighted by Crippen LogP contribution is -2.43. The van der Waals surface area contributed by atoms with Crippen LogP contribution < -0.4 is 5.32 Å². The second-order valence-electron chi connectivity index (χ2n) is 6.50. The van der Waals surface area contributed by atoms with Crippen LogP contribution >= 0.6 is 0 Å². The number of hydrogen-bond acceptors (Lipinski definition) is 6. The molecule has 1 fully saturated rings. The lowest BCUT2D eigenvalue weighted by atomic mass is 9.89. The molecular weight excluding hydrogens is 310 g/mol. The third-order valence-electron chi connectivity index (χ3n) is 4.07. The number of nitrogens with one attached hydrogen (secondary N) is 2. The van der Waals surface area contributed by atoms with Crippen molar-refractivity contribution in [1.29, 1.82) is 0 Å². The molecule has 4 heterocycles. The van der Waals surface area contributed by atoms with Crippen LogP contribution in [0.4, 0.5) is 5.69 Å². The number of pyridine rings is 1. The monoisotopic (exact) mass is 327 g/mol. The molecule has 0 bridgehead atoms.